The van der Waals surface area contributed by atoms with Crippen LogP contribution in [0.5, 0.6) is 0 Å². The van der Waals surface area contributed by atoms with Crippen molar-refractivity contribution in [3.63, 3.8) is 0 Å². The molecule has 2 heterocycles. The van der Waals surface area contributed by atoms with Crippen LogP contribution in [0, 0.1) is 0 Å². The lowest BCUT2D eigenvalue weighted by atomic mass is 9.90. The number of benzene rings is 4. The molecule has 2 amide bonds. The van der Waals surface area contributed by atoms with Gasteiger partial charge in [-0.1, -0.05) is 84.9 Å². The molecule has 0 spiro atoms. The van der Waals surface area contributed by atoms with Crippen molar-refractivity contribution in [1.29, 1.82) is 0 Å². The zero-order valence-electron chi connectivity index (χ0n) is 27.1. The van der Waals surface area contributed by atoms with Crippen molar-refractivity contribution < 1.29 is 9.59 Å². The maximum atomic E-state index is 14.3. The second kappa shape index (κ2) is 12.9. The number of hydrogen-bond acceptors (Lipinski definition) is 6. The number of nitrogens with one attached hydrogen (secondary N) is 2. The van der Waals surface area contributed by atoms with Gasteiger partial charge in [-0.3, -0.25) is 9.59 Å². The van der Waals surface area contributed by atoms with Gasteiger partial charge in [0.1, 0.15) is 5.82 Å². The molecule has 0 bridgehead atoms. The fourth-order valence-electron chi connectivity index (χ4n) is 7.18. The second-order valence-corrected chi connectivity index (χ2v) is 12.8. The van der Waals surface area contributed by atoms with Gasteiger partial charge in [0.2, 0.25) is 5.95 Å². The third-order valence-corrected chi connectivity index (χ3v) is 9.58. The van der Waals surface area contributed by atoms with E-state index in [0.717, 1.165) is 59.1 Å². The van der Waals surface area contributed by atoms with Gasteiger partial charge < -0.3 is 20.4 Å². The third kappa shape index (κ3) is 5.91. The van der Waals surface area contributed by atoms with E-state index in [1.165, 1.54) is 0 Å². The van der Waals surface area contributed by atoms with Gasteiger partial charge in [0, 0.05) is 31.6 Å². The summed E-state index contributed by atoms with van der Waals surface area (Å²) >= 11 is 0. The minimum atomic E-state index is -0.284. The lowest BCUT2D eigenvalue weighted by molar-refractivity contribution is 0.0672. The fourth-order valence-corrected chi connectivity index (χ4v) is 7.18. The molecule has 0 unspecified atom stereocenters. The number of fused-ring (bicyclic) bond motifs is 2. The average Bonchev–Trinajstić information content (AvgIpc) is 3.41. The van der Waals surface area contributed by atoms with Crippen molar-refractivity contribution in [2.45, 2.75) is 56.8 Å². The molecule has 0 saturated heterocycles. The molecule has 238 valence electrons. The summed E-state index contributed by atoms with van der Waals surface area (Å²) in [5.41, 5.74) is 4.80. The molecule has 1 saturated carbocycles. The summed E-state index contributed by atoms with van der Waals surface area (Å²) in [7, 11) is 3.98. The van der Waals surface area contributed by atoms with Gasteiger partial charge >= 0.3 is 0 Å². The molecule has 2 N–H and O–H groups in total. The summed E-state index contributed by atoms with van der Waals surface area (Å²) < 4.78 is 0. The van der Waals surface area contributed by atoms with E-state index < -0.39 is 0 Å². The molecular weight excluding hydrogens is 584 g/mol. The van der Waals surface area contributed by atoms with Crippen LogP contribution in [0.1, 0.15) is 82.1 Å². The van der Waals surface area contributed by atoms with E-state index in [-0.39, 0.29) is 36.0 Å². The Kier molecular flexibility index (Phi) is 8.33. The molecule has 0 radical (unpaired) electrons. The minimum Gasteiger partial charge on any atom is -0.362 e. The van der Waals surface area contributed by atoms with E-state index in [4.69, 9.17) is 9.97 Å². The molecule has 8 heteroatoms. The highest BCUT2D eigenvalue weighted by Crippen LogP contribution is 2.44. The minimum absolute atomic E-state index is 0.0204. The zero-order valence-corrected chi connectivity index (χ0v) is 27.1. The van der Waals surface area contributed by atoms with Gasteiger partial charge in [0.05, 0.1) is 28.7 Å². The lowest BCUT2D eigenvalue weighted by Gasteiger charge is -2.32. The van der Waals surface area contributed by atoms with Crippen LogP contribution in [0.15, 0.2) is 103 Å². The number of carbonyl (C=O) groups is 2. The van der Waals surface area contributed by atoms with E-state index in [1.807, 2.05) is 96.7 Å². The molecule has 7 rings (SSSR count). The van der Waals surface area contributed by atoms with Gasteiger partial charge in [0.15, 0.2) is 0 Å². The Labute approximate surface area is 275 Å². The Morgan fingerprint density at radius 3 is 2.19 bits per heavy atom. The molecule has 1 aliphatic carbocycles. The fraction of sp³-hybridized carbons (Fsp3) is 0.282. The first-order valence-electron chi connectivity index (χ1n) is 16.5. The largest absolute Gasteiger partial charge is 0.362 e. The molecular formula is C39H40N6O2. The highest BCUT2D eigenvalue weighted by molar-refractivity contribution is 6.10. The van der Waals surface area contributed by atoms with Crippen molar-refractivity contribution in [3.05, 3.63) is 131 Å². The van der Waals surface area contributed by atoms with Crippen molar-refractivity contribution in [1.82, 2.24) is 20.2 Å². The Bertz CT molecular complexity index is 1900. The highest BCUT2D eigenvalue weighted by atomic mass is 16.2. The van der Waals surface area contributed by atoms with Crippen LogP contribution < -0.4 is 15.5 Å². The summed E-state index contributed by atoms with van der Waals surface area (Å²) in [5.74, 6) is 1.20. The Balaban J connectivity index is 1.08. The number of nitrogens with zero attached hydrogens (tertiary/aromatic N) is 4. The van der Waals surface area contributed by atoms with Gasteiger partial charge in [-0.25, -0.2) is 4.98 Å². The SMILES string of the molecule is C[C@@H](c1ccccc1)N1C(=O)c2c(C(=O)N[C@H]3CC[C@@H](Nc4nc(N(C)C)c5ccccc5n4)CC3)cccc2[C@H]1c1ccccc1. The van der Waals surface area contributed by atoms with Gasteiger partial charge in [-0.15, -0.1) is 0 Å². The summed E-state index contributed by atoms with van der Waals surface area (Å²) in [6, 6.07) is 33.7. The van der Waals surface area contributed by atoms with E-state index in [1.54, 1.807) is 6.07 Å². The maximum absolute atomic E-state index is 14.3. The Hall–Kier alpha value is -5.24. The average molecular weight is 625 g/mol. The predicted molar refractivity (Wildman–Crippen MR) is 187 cm³/mol. The lowest BCUT2D eigenvalue weighted by Crippen LogP contribution is -2.41. The normalized spacial score (nSPS) is 19.7. The van der Waals surface area contributed by atoms with Crippen LogP contribution in [0.25, 0.3) is 10.9 Å². The summed E-state index contributed by atoms with van der Waals surface area (Å²) in [4.78, 5) is 41.7. The molecule has 5 aromatic rings. The Morgan fingerprint density at radius 1 is 0.809 bits per heavy atom. The predicted octanol–water partition coefficient (Wildman–Crippen LogP) is 7.16. The second-order valence-electron chi connectivity index (χ2n) is 12.8. The van der Waals surface area contributed by atoms with Crippen LogP contribution >= 0.6 is 0 Å². The number of para-hydroxylation sites is 1. The van der Waals surface area contributed by atoms with E-state index in [0.29, 0.717) is 17.1 Å². The monoisotopic (exact) mass is 624 g/mol. The number of amides is 2. The number of hydrogen-bond donors (Lipinski definition) is 2. The number of anilines is 2. The van der Waals surface area contributed by atoms with Crippen LogP contribution in [0.4, 0.5) is 11.8 Å². The first-order valence-corrected chi connectivity index (χ1v) is 16.5. The standard InChI is InChI=1S/C39H40N6O2/c1-25(26-13-6-4-7-14-26)45-35(27-15-8-5-9-16-27)31-18-12-19-32(34(31)38(45)47)37(46)40-28-21-23-29(24-22-28)41-39-42-33-20-11-10-17-30(33)36(43-39)44(2)3/h4-20,25,28-29,35H,21-24H2,1-3H3,(H,40,46)(H,41,42,43)/t25-,28-,29+,35+/m0/s1. The van der Waals surface area contributed by atoms with Gasteiger partial charge in [-0.05, 0) is 67.5 Å². The first kappa shape index (κ1) is 30.4. The molecule has 1 aromatic heterocycles. The Morgan fingerprint density at radius 2 is 1.47 bits per heavy atom. The van der Waals surface area contributed by atoms with Crippen LogP contribution in [-0.2, 0) is 0 Å². The van der Waals surface area contributed by atoms with Gasteiger partial charge in [0.25, 0.3) is 11.8 Å². The molecule has 1 aliphatic heterocycles. The molecule has 4 aromatic carbocycles. The summed E-state index contributed by atoms with van der Waals surface area (Å²) in [6.07, 6.45) is 3.40. The topological polar surface area (TPSA) is 90.5 Å². The van der Waals surface area contributed by atoms with Crippen molar-refractivity contribution in [3.8, 4) is 0 Å². The zero-order chi connectivity index (χ0) is 32.5. The quantitative estimate of drug-likeness (QED) is 0.191. The van der Waals surface area contributed by atoms with Crippen LogP contribution in [0.3, 0.4) is 0 Å². The third-order valence-electron chi connectivity index (χ3n) is 9.58. The van der Waals surface area contributed by atoms with Gasteiger partial charge in [-0.2, -0.15) is 4.98 Å². The van der Waals surface area contributed by atoms with Crippen LogP contribution in [-0.4, -0.2) is 52.9 Å². The van der Waals surface area contributed by atoms with Crippen molar-refractivity contribution >= 4 is 34.5 Å². The molecule has 2 aliphatic rings. The number of carbonyl (C=O) groups excluding carboxylic acids is 2. The number of rotatable bonds is 8. The van der Waals surface area contributed by atoms with E-state index >= 15 is 0 Å². The molecule has 47 heavy (non-hydrogen) atoms. The molecule has 1 fully saturated rings. The smallest absolute Gasteiger partial charge is 0.256 e. The van der Waals surface area contributed by atoms with E-state index in [9.17, 15) is 9.59 Å². The van der Waals surface area contributed by atoms with Crippen LogP contribution in [0.2, 0.25) is 0 Å². The summed E-state index contributed by atoms with van der Waals surface area (Å²) in [5, 5.41) is 7.85. The van der Waals surface area contributed by atoms with E-state index in [2.05, 4.69) is 41.8 Å². The molecule has 2 atom stereocenters. The first-order chi connectivity index (χ1) is 22.9. The maximum Gasteiger partial charge on any atom is 0.256 e. The van der Waals surface area contributed by atoms with Crippen molar-refractivity contribution in [2.75, 3.05) is 24.3 Å². The molecule has 8 nitrogen and oxygen atoms in total. The summed E-state index contributed by atoms with van der Waals surface area (Å²) in [6.45, 7) is 2.06. The number of aromatic nitrogens is 2. The van der Waals surface area contributed by atoms with Crippen molar-refractivity contribution in [2.24, 2.45) is 0 Å². The highest BCUT2D eigenvalue weighted by Gasteiger charge is 2.43.